The van der Waals surface area contributed by atoms with Crippen molar-refractivity contribution in [1.29, 1.82) is 0 Å². The fourth-order valence-corrected chi connectivity index (χ4v) is 6.44. The van der Waals surface area contributed by atoms with Gasteiger partial charge in [-0.05, 0) is 70.6 Å². The predicted molar refractivity (Wildman–Crippen MR) is 269 cm³/mol. The molecule has 0 amide bonds. The van der Waals surface area contributed by atoms with Gasteiger partial charge in [0.15, 0.2) is 6.10 Å². The second kappa shape index (κ2) is 50.5. The highest BCUT2D eigenvalue weighted by molar-refractivity contribution is 5.71. The van der Waals surface area contributed by atoms with E-state index in [-0.39, 0.29) is 31.1 Å². The average molecular weight is 871 g/mol. The highest BCUT2D eigenvalue weighted by atomic mass is 16.6. The van der Waals surface area contributed by atoms with Gasteiger partial charge in [-0.3, -0.25) is 14.4 Å². The van der Waals surface area contributed by atoms with Gasteiger partial charge in [-0.15, -0.1) is 0 Å². The van der Waals surface area contributed by atoms with Crippen molar-refractivity contribution < 1.29 is 28.6 Å². The largest absolute Gasteiger partial charge is 0.462 e. The van der Waals surface area contributed by atoms with E-state index in [2.05, 4.69) is 69.4 Å². The molecular formula is C57H90O6. The number of carbonyl (C=O) groups is 3. The van der Waals surface area contributed by atoms with E-state index in [0.29, 0.717) is 19.3 Å². The van der Waals surface area contributed by atoms with Gasteiger partial charge >= 0.3 is 17.9 Å². The number of rotatable bonds is 43. The zero-order chi connectivity index (χ0) is 45.8. The molecule has 0 aliphatic carbocycles. The predicted octanol–water partition coefficient (Wildman–Crippen LogP) is 16.5. The maximum absolute atomic E-state index is 12.8. The van der Waals surface area contributed by atoms with E-state index in [9.17, 15) is 14.4 Å². The molecule has 354 valence electrons. The van der Waals surface area contributed by atoms with E-state index >= 15 is 0 Å². The van der Waals surface area contributed by atoms with Crippen molar-refractivity contribution in [3.8, 4) is 0 Å². The van der Waals surface area contributed by atoms with Gasteiger partial charge in [-0.1, -0.05) is 232 Å². The van der Waals surface area contributed by atoms with Gasteiger partial charge in [-0.2, -0.15) is 0 Å². The van der Waals surface area contributed by atoms with Crippen LogP contribution in [0.5, 0.6) is 0 Å². The molecule has 0 spiro atoms. The van der Waals surface area contributed by atoms with Crippen LogP contribution >= 0.6 is 0 Å². The van der Waals surface area contributed by atoms with Gasteiger partial charge in [0.1, 0.15) is 13.2 Å². The number of unbranched alkanes of at least 4 members (excludes halogenated alkanes) is 18. The molecule has 0 aromatic heterocycles. The van der Waals surface area contributed by atoms with Crippen LogP contribution in [-0.2, 0) is 28.6 Å². The lowest BCUT2D eigenvalue weighted by Crippen LogP contribution is -2.30. The molecule has 1 atom stereocenters. The Hall–Kier alpha value is -4.19. The molecule has 0 aromatic carbocycles. The molecule has 0 heterocycles. The molecule has 0 N–H and O–H groups in total. The summed E-state index contributed by atoms with van der Waals surface area (Å²) in [4.78, 5) is 37.9. The zero-order valence-corrected chi connectivity index (χ0v) is 40.3. The first-order chi connectivity index (χ1) is 31.0. The molecule has 0 aliphatic heterocycles. The number of hydrogen-bond acceptors (Lipinski definition) is 6. The number of esters is 3. The van der Waals surface area contributed by atoms with E-state index in [0.717, 1.165) is 89.9 Å². The molecular weight excluding hydrogens is 781 g/mol. The quantitative estimate of drug-likeness (QED) is 0.0200. The van der Waals surface area contributed by atoms with Crippen LogP contribution < -0.4 is 0 Å². The van der Waals surface area contributed by atoms with Crippen molar-refractivity contribution in [3.63, 3.8) is 0 Å². The van der Waals surface area contributed by atoms with E-state index in [1.165, 1.54) is 70.6 Å². The maximum atomic E-state index is 12.8. The van der Waals surface area contributed by atoms with Gasteiger partial charge in [0, 0.05) is 19.3 Å². The number of hydrogen-bond donors (Lipinski definition) is 0. The molecule has 0 aromatic rings. The second-order valence-electron chi connectivity index (χ2n) is 16.2. The summed E-state index contributed by atoms with van der Waals surface area (Å²) in [6, 6.07) is 0. The summed E-state index contributed by atoms with van der Waals surface area (Å²) in [7, 11) is 0. The normalized spacial score (nSPS) is 13.1. The Morgan fingerprint density at radius 2 is 0.698 bits per heavy atom. The van der Waals surface area contributed by atoms with Gasteiger partial charge in [0.2, 0.25) is 0 Å². The molecule has 0 radical (unpaired) electrons. The Balaban J connectivity index is 4.54. The van der Waals surface area contributed by atoms with Crippen LogP contribution in [0, 0.1) is 0 Å². The molecule has 0 saturated heterocycles. The summed E-state index contributed by atoms with van der Waals surface area (Å²) in [5, 5.41) is 0. The monoisotopic (exact) mass is 871 g/mol. The van der Waals surface area contributed by atoms with E-state index in [4.69, 9.17) is 14.2 Å². The summed E-state index contributed by atoms with van der Waals surface area (Å²) < 4.78 is 16.7. The third-order valence-electron chi connectivity index (χ3n) is 10.2. The smallest absolute Gasteiger partial charge is 0.306 e. The Morgan fingerprint density at radius 1 is 0.349 bits per heavy atom. The van der Waals surface area contributed by atoms with Crippen molar-refractivity contribution in [2.75, 3.05) is 13.2 Å². The van der Waals surface area contributed by atoms with Crippen molar-refractivity contribution in [2.45, 2.75) is 207 Å². The lowest BCUT2D eigenvalue weighted by Gasteiger charge is -2.18. The third kappa shape index (κ3) is 48.7. The van der Waals surface area contributed by atoms with Crippen LogP contribution in [-0.4, -0.2) is 37.2 Å². The minimum absolute atomic E-state index is 0.115. The van der Waals surface area contributed by atoms with Crippen LogP contribution in [0.4, 0.5) is 0 Å². The van der Waals surface area contributed by atoms with Gasteiger partial charge < -0.3 is 14.2 Å². The van der Waals surface area contributed by atoms with Gasteiger partial charge in [-0.25, -0.2) is 0 Å². The zero-order valence-electron chi connectivity index (χ0n) is 40.3. The van der Waals surface area contributed by atoms with Crippen LogP contribution in [0.2, 0.25) is 0 Å². The Bertz CT molecular complexity index is 1370. The highest BCUT2D eigenvalue weighted by Crippen LogP contribution is 2.14. The molecule has 0 fully saturated rings. The van der Waals surface area contributed by atoms with Crippen molar-refractivity contribution in [1.82, 2.24) is 0 Å². The maximum Gasteiger partial charge on any atom is 0.306 e. The van der Waals surface area contributed by atoms with Crippen molar-refractivity contribution >= 4 is 17.9 Å². The van der Waals surface area contributed by atoms with Crippen molar-refractivity contribution in [3.05, 3.63) is 122 Å². The lowest BCUT2D eigenvalue weighted by molar-refractivity contribution is -0.167. The Morgan fingerprint density at radius 3 is 1.19 bits per heavy atom. The second-order valence-corrected chi connectivity index (χ2v) is 16.2. The number of carbonyl (C=O) groups excluding carboxylic acids is 3. The van der Waals surface area contributed by atoms with Gasteiger partial charge in [0.05, 0.1) is 0 Å². The first-order valence-corrected chi connectivity index (χ1v) is 25.1. The topological polar surface area (TPSA) is 78.9 Å². The number of ether oxygens (including phenoxy) is 3. The Kier molecular flexibility index (Phi) is 47.1. The Labute approximate surface area is 386 Å². The molecule has 0 saturated carbocycles. The lowest BCUT2D eigenvalue weighted by atomic mass is 10.0. The highest BCUT2D eigenvalue weighted by Gasteiger charge is 2.19. The molecule has 0 aliphatic rings. The molecule has 0 rings (SSSR count). The SMILES string of the molecule is CC\C=C/C=C\C=C/C=C\C=C\C=C/C=C\CCCCCC(=O)OCC(COC(=O)CCCC/C=C\C/C=C\C/C=C\CC)OC(=O)CCCCCCCCCCCCCCCC. The third-order valence-corrected chi connectivity index (χ3v) is 10.2. The fraction of sp³-hybridized carbons (Fsp3) is 0.596. The van der Waals surface area contributed by atoms with Crippen molar-refractivity contribution in [2.24, 2.45) is 0 Å². The summed E-state index contributed by atoms with van der Waals surface area (Å²) in [5.74, 6) is -1.00. The molecule has 6 nitrogen and oxygen atoms in total. The average Bonchev–Trinajstić information content (AvgIpc) is 3.28. The summed E-state index contributed by atoms with van der Waals surface area (Å²) >= 11 is 0. The molecule has 1 unspecified atom stereocenters. The minimum Gasteiger partial charge on any atom is -0.462 e. The van der Waals surface area contributed by atoms with Gasteiger partial charge in [0.25, 0.3) is 0 Å². The first kappa shape index (κ1) is 58.8. The number of allylic oxidation sites excluding steroid dienone is 20. The van der Waals surface area contributed by atoms with Crippen LogP contribution in [0.1, 0.15) is 201 Å². The standard InChI is InChI=1S/C57H90O6/c1-4-7-10-13-16-19-22-25-27-28-29-30-31-33-35-38-41-44-47-50-56(59)62-53-54(52-61-55(58)49-46-43-40-37-34-24-21-18-15-12-9-6-3)63-57(60)51-48-45-42-39-36-32-26-23-20-17-14-11-8-5-2/h7,9-10,12-13,16,18-19,21-22,25,27-31,33-35,37,54H,4-6,8,11,14-15,17,20,23-24,26,32,36,38-53H2,1-3H3/b10-7-,12-9-,16-13-,21-18-,22-19-,27-25-,29-28+,31-30-,35-33-,37-34-. The summed E-state index contributed by atoms with van der Waals surface area (Å²) in [5.41, 5.74) is 0. The minimum atomic E-state index is -0.813. The van der Waals surface area contributed by atoms with Crippen LogP contribution in [0.15, 0.2) is 122 Å². The molecule has 0 bridgehead atoms. The first-order valence-electron chi connectivity index (χ1n) is 25.1. The van der Waals surface area contributed by atoms with E-state index in [1.54, 1.807) is 0 Å². The molecule has 6 heteroatoms. The van der Waals surface area contributed by atoms with E-state index < -0.39 is 6.10 Å². The van der Waals surface area contributed by atoms with Crippen LogP contribution in [0.3, 0.4) is 0 Å². The van der Waals surface area contributed by atoms with E-state index in [1.807, 2.05) is 72.9 Å². The van der Waals surface area contributed by atoms with Crippen LogP contribution in [0.25, 0.3) is 0 Å². The fourth-order valence-electron chi connectivity index (χ4n) is 6.44. The molecule has 63 heavy (non-hydrogen) atoms. The summed E-state index contributed by atoms with van der Waals surface area (Å²) in [6.45, 7) is 6.28. The summed E-state index contributed by atoms with van der Waals surface area (Å²) in [6.07, 6.45) is 68.9.